The van der Waals surface area contributed by atoms with Gasteiger partial charge in [0.05, 0.1) is 30.5 Å². The molecule has 3 heterocycles. The highest BCUT2D eigenvalue weighted by Gasteiger charge is 2.57. The minimum absolute atomic E-state index is 0.0359. The second-order valence-electron chi connectivity index (χ2n) is 17.9. The topological polar surface area (TPSA) is 187 Å². The number of nitrogens with one attached hydrogen (secondary N) is 1. The number of alkyl halides is 1. The number of aliphatic hydroxyl groups excluding tert-OH is 1. The van der Waals surface area contributed by atoms with E-state index >= 15 is 4.39 Å². The van der Waals surface area contributed by atoms with Gasteiger partial charge in [-0.15, -0.1) is 0 Å². The monoisotopic (exact) mass is 850 g/mol. The fourth-order valence-corrected chi connectivity index (χ4v) is 9.74. The second kappa shape index (κ2) is 21.8. The lowest BCUT2D eigenvalue weighted by Gasteiger charge is -2.47. The van der Waals surface area contributed by atoms with Crippen LogP contribution in [0.2, 0.25) is 0 Å². The Bertz CT molecular complexity index is 1590. The van der Waals surface area contributed by atoms with Crippen LogP contribution in [0.15, 0.2) is 23.3 Å². The van der Waals surface area contributed by atoms with Crippen molar-refractivity contribution in [2.75, 3.05) is 27.9 Å². The molecule has 2 saturated heterocycles. The molecule has 14 nitrogen and oxygen atoms in total. The van der Waals surface area contributed by atoms with Gasteiger partial charge in [0.1, 0.15) is 30.2 Å². The average Bonchev–Trinajstić information content (AvgIpc) is 3.22. The Morgan fingerprint density at radius 2 is 1.63 bits per heavy atom. The summed E-state index contributed by atoms with van der Waals surface area (Å²) in [5, 5.41) is 26.7. The number of rotatable bonds is 7. The van der Waals surface area contributed by atoms with Crippen molar-refractivity contribution in [3.8, 4) is 0 Å². The van der Waals surface area contributed by atoms with E-state index in [1.807, 2.05) is 13.0 Å². The predicted octanol–water partition coefficient (Wildman–Crippen LogP) is 4.56. The molecule has 15 heteroatoms. The number of esters is 1. The molecule has 0 radical (unpaired) electrons. The molecule has 2 amide bonds. The molecule has 0 aromatic heterocycles. The van der Waals surface area contributed by atoms with Gasteiger partial charge in [0, 0.05) is 59.0 Å². The molecule has 0 aromatic carbocycles. The summed E-state index contributed by atoms with van der Waals surface area (Å²) in [4.78, 5) is 69.7. The number of carbonyl (C=O) groups is 5. The summed E-state index contributed by atoms with van der Waals surface area (Å²) in [6.07, 6.45) is 0.301. The lowest BCUT2D eigenvalue weighted by Crippen LogP contribution is -2.64. The highest BCUT2D eigenvalue weighted by molar-refractivity contribution is 6.39. The van der Waals surface area contributed by atoms with Crippen LogP contribution in [0.1, 0.15) is 113 Å². The number of fused-ring (bicyclic) bond motifs is 3. The Morgan fingerprint density at radius 3 is 2.25 bits per heavy atom. The smallest absolute Gasteiger partial charge is 0.329 e. The number of cyclic esters (lactones) is 1. The third kappa shape index (κ3) is 11.5. The van der Waals surface area contributed by atoms with Gasteiger partial charge in [-0.25, -0.2) is 9.18 Å². The molecular formula is C45H71FN2O12. The molecule has 3 aliphatic heterocycles. The van der Waals surface area contributed by atoms with Gasteiger partial charge in [-0.1, -0.05) is 39.8 Å². The fourth-order valence-electron chi connectivity index (χ4n) is 9.74. The number of hydrogen-bond acceptors (Lipinski definition) is 12. The molecule has 4 aliphatic rings. The van der Waals surface area contributed by atoms with Crippen molar-refractivity contribution in [3.05, 3.63) is 23.3 Å². The summed E-state index contributed by atoms with van der Waals surface area (Å²) in [6.45, 7) is 11.7. The molecule has 0 aromatic rings. The van der Waals surface area contributed by atoms with Crippen LogP contribution in [0.25, 0.3) is 0 Å². The third-order valence-corrected chi connectivity index (χ3v) is 13.5. The molecule has 60 heavy (non-hydrogen) atoms. The zero-order valence-corrected chi connectivity index (χ0v) is 37.3. The number of Topliss-reactive ketones (excluding diaryl/α,β-unsaturated/α-hetero) is 2. The van der Waals surface area contributed by atoms with Crippen molar-refractivity contribution in [1.82, 2.24) is 10.2 Å². The van der Waals surface area contributed by atoms with E-state index in [2.05, 4.69) is 5.32 Å². The number of hydrogen-bond donors (Lipinski definition) is 3. The van der Waals surface area contributed by atoms with Gasteiger partial charge in [0.2, 0.25) is 11.7 Å². The highest BCUT2D eigenvalue weighted by Crippen LogP contribution is 2.39. The summed E-state index contributed by atoms with van der Waals surface area (Å²) in [5.41, 5.74) is 0.945. The Morgan fingerprint density at radius 1 is 0.983 bits per heavy atom. The average molecular weight is 851 g/mol. The minimum atomic E-state index is -2.61. The van der Waals surface area contributed by atoms with Crippen LogP contribution >= 0.6 is 0 Å². The van der Waals surface area contributed by atoms with E-state index in [9.17, 15) is 34.2 Å². The second-order valence-corrected chi connectivity index (χ2v) is 17.9. The number of methoxy groups -OCH3 is 3. The summed E-state index contributed by atoms with van der Waals surface area (Å²) in [7, 11) is 4.46. The molecule has 1 saturated carbocycles. The number of halogens is 1. The Balaban J connectivity index is 1.77. The molecule has 0 spiro atoms. The molecule has 4 rings (SSSR count). The van der Waals surface area contributed by atoms with Crippen LogP contribution in [0.4, 0.5) is 4.39 Å². The normalized spacial score (nSPS) is 40.7. The summed E-state index contributed by atoms with van der Waals surface area (Å²) in [5.74, 6) is -9.31. The van der Waals surface area contributed by atoms with E-state index < -0.39 is 89.9 Å². The fraction of sp³-hybridized carbons (Fsp3) is 0.800. The van der Waals surface area contributed by atoms with Crippen LogP contribution in [-0.4, -0.2) is 133 Å². The predicted molar refractivity (Wildman–Crippen MR) is 220 cm³/mol. The summed E-state index contributed by atoms with van der Waals surface area (Å²) in [6, 6.07) is -1.35. The number of allylic oxidation sites excluding steroid dienone is 3. The van der Waals surface area contributed by atoms with E-state index in [0.717, 1.165) is 4.90 Å². The van der Waals surface area contributed by atoms with Crippen LogP contribution in [0.3, 0.4) is 0 Å². The Hall–Kier alpha value is -3.08. The zero-order valence-electron chi connectivity index (χ0n) is 37.3. The maximum atomic E-state index is 16.2. The van der Waals surface area contributed by atoms with Crippen molar-refractivity contribution >= 4 is 29.4 Å². The zero-order chi connectivity index (χ0) is 44.6. The molecular weight excluding hydrogens is 779 g/mol. The van der Waals surface area contributed by atoms with Crippen molar-refractivity contribution in [1.29, 1.82) is 0 Å². The van der Waals surface area contributed by atoms with E-state index in [-0.39, 0.29) is 62.0 Å². The Labute approximate surface area is 355 Å². The van der Waals surface area contributed by atoms with Gasteiger partial charge in [0.25, 0.3) is 11.7 Å². The molecule has 2 bridgehead atoms. The maximum absolute atomic E-state index is 16.2. The first-order chi connectivity index (χ1) is 28.3. The number of ether oxygens (including phenoxy) is 5. The first-order valence-corrected chi connectivity index (χ1v) is 21.8. The number of aliphatic hydroxyl groups is 2. The number of carbonyl (C=O) groups excluding carboxylic acids is 5. The molecule has 340 valence electrons. The summed E-state index contributed by atoms with van der Waals surface area (Å²) < 4.78 is 46.0. The van der Waals surface area contributed by atoms with E-state index in [1.165, 1.54) is 21.1 Å². The van der Waals surface area contributed by atoms with Crippen molar-refractivity contribution in [3.63, 3.8) is 0 Å². The largest absolute Gasteiger partial charge is 0.456 e. The van der Waals surface area contributed by atoms with E-state index in [1.54, 1.807) is 47.8 Å². The first kappa shape index (κ1) is 49.6. The lowest BCUT2D eigenvalue weighted by molar-refractivity contribution is -0.302. The van der Waals surface area contributed by atoms with Crippen LogP contribution in [0, 0.1) is 29.6 Å². The standard InChI is InChI=1S/C45H71FN2O12/c1-11-31-19-24(2)39(46)25(3)20-37(57-9)41-38(58-10)21-27(5)45(55,60-41)42(52)43(53)48-17-13-12-14-33(48)44(54)59-40(28(6)34(50)23-35(31)51)26(4)18-30-15-16-32(47-29(7)49)36(22-30)56-8/h18-19,25,27-28,30-34,36-41,50,55H,11-17,20-23H2,1-10H3,(H,47,49)/b24-19+,26-18?. The van der Waals surface area contributed by atoms with E-state index in [0.29, 0.717) is 49.7 Å². The SMILES string of the molecule is CCC1/C=C(\C)C(F)C(C)CC(OC)C2OC(O)(C(=O)C(=O)N3CCCCC3C(=O)OC(C(C)=CC3CCC(NC(C)=O)C(OC)C3)C(C)C(O)CC1=O)C(C)CC2OC. The lowest BCUT2D eigenvalue weighted by atomic mass is 9.80. The molecule has 15 unspecified atom stereocenters. The van der Waals surface area contributed by atoms with Gasteiger partial charge < -0.3 is 44.1 Å². The van der Waals surface area contributed by atoms with Crippen LogP contribution in [0.5, 0.6) is 0 Å². The summed E-state index contributed by atoms with van der Waals surface area (Å²) >= 11 is 0. The molecule has 1 aliphatic carbocycles. The Kier molecular flexibility index (Phi) is 18.0. The van der Waals surface area contributed by atoms with Gasteiger partial charge >= 0.3 is 5.97 Å². The number of ketones is 2. The maximum Gasteiger partial charge on any atom is 0.329 e. The van der Waals surface area contributed by atoms with Gasteiger partial charge in [-0.3, -0.25) is 19.2 Å². The minimum Gasteiger partial charge on any atom is -0.456 e. The van der Waals surface area contributed by atoms with Crippen molar-refractivity contribution < 1.29 is 62.3 Å². The molecule has 3 fully saturated rings. The van der Waals surface area contributed by atoms with Gasteiger partial charge in [-0.2, -0.15) is 0 Å². The van der Waals surface area contributed by atoms with Crippen LogP contribution in [-0.2, 0) is 47.7 Å². The van der Waals surface area contributed by atoms with Crippen LogP contribution < -0.4 is 5.32 Å². The molecule has 3 N–H and O–H groups in total. The number of amides is 2. The van der Waals surface area contributed by atoms with E-state index in [4.69, 9.17) is 23.7 Å². The first-order valence-electron chi connectivity index (χ1n) is 21.8. The third-order valence-electron chi connectivity index (χ3n) is 13.5. The quantitative estimate of drug-likeness (QED) is 0.185. The van der Waals surface area contributed by atoms with Crippen molar-refractivity contribution in [2.24, 2.45) is 29.6 Å². The molecule has 15 atom stereocenters. The highest BCUT2D eigenvalue weighted by atomic mass is 19.1. The number of nitrogens with zero attached hydrogens (tertiary/aromatic N) is 1. The number of piperidine rings is 1. The van der Waals surface area contributed by atoms with Gasteiger partial charge in [0.15, 0.2) is 0 Å². The van der Waals surface area contributed by atoms with Crippen molar-refractivity contribution in [2.45, 2.75) is 173 Å². The van der Waals surface area contributed by atoms with Gasteiger partial charge in [-0.05, 0) is 94.6 Å².